The zero-order valence-corrected chi connectivity index (χ0v) is 14.9. The van der Waals surface area contributed by atoms with E-state index in [1.165, 1.54) is 30.3 Å². The number of carbonyl (C=O) groups is 3. The van der Waals surface area contributed by atoms with Gasteiger partial charge in [0, 0.05) is 18.7 Å². The predicted octanol–water partition coefficient (Wildman–Crippen LogP) is 0.681. The lowest BCUT2D eigenvalue weighted by molar-refractivity contribution is -0.126. The average molecular weight is 390 g/mol. The van der Waals surface area contributed by atoms with Gasteiger partial charge in [0.15, 0.2) is 0 Å². The Morgan fingerprint density at radius 2 is 1.64 bits per heavy atom. The Balaban J connectivity index is 1.96. The summed E-state index contributed by atoms with van der Waals surface area (Å²) in [4.78, 5) is 34.6. The second kappa shape index (κ2) is 9.56. The molecule has 2 rings (SSSR count). The van der Waals surface area contributed by atoms with Crippen LogP contribution in [0, 0.1) is 11.6 Å². The minimum atomic E-state index is -1.08. The molecule has 0 heterocycles. The first-order valence-electron chi connectivity index (χ1n) is 8.44. The van der Waals surface area contributed by atoms with Gasteiger partial charge < -0.3 is 22.1 Å². The van der Waals surface area contributed by atoms with E-state index in [1.54, 1.807) is 6.07 Å². The maximum Gasteiger partial charge on any atom is 0.254 e. The Morgan fingerprint density at radius 3 is 2.32 bits per heavy atom. The maximum atomic E-state index is 14.0. The number of primary amides is 1. The maximum absolute atomic E-state index is 14.0. The summed E-state index contributed by atoms with van der Waals surface area (Å²) in [5.74, 6) is -3.27. The Kier molecular flexibility index (Phi) is 7.16. The van der Waals surface area contributed by atoms with Crippen molar-refractivity contribution in [3.05, 3.63) is 59.7 Å². The summed E-state index contributed by atoms with van der Waals surface area (Å²) in [6.45, 7) is 0.0168. The smallest absolute Gasteiger partial charge is 0.254 e. The number of halogens is 2. The number of nitrogens with two attached hydrogens (primary N) is 2. The van der Waals surface area contributed by atoms with Crippen LogP contribution in [0.5, 0.6) is 0 Å². The van der Waals surface area contributed by atoms with Gasteiger partial charge in [-0.25, -0.2) is 8.78 Å². The van der Waals surface area contributed by atoms with Gasteiger partial charge in [-0.05, 0) is 23.8 Å². The van der Waals surface area contributed by atoms with Crippen molar-refractivity contribution < 1.29 is 23.2 Å². The third kappa shape index (κ3) is 5.58. The van der Waals surface area contributed by atoms with E-state index >= 15 is 0 Å². The number of carbonyl (C=O) groups excluding carboxylic acids is 3. The molecule has 148 valence electrons. The first kappa shape index (κ1) is 21.0. The number of rotatable bonds is 8. The van der Waals surface area contributed by atoms with E-state index in [0.29, 0.717) is 5.56 Å². The van der Waals surface area contributed by atoms with E-state index in [9.17, 15) is 23.2 Å². The van der Waals surface area contributed by atoms with Gasteiger partial charge in [0.1, 0.15) is 11.6 Å². The van der Waals surface area contributed by atoms with Gasteiger partial charge in [-0.15, -0.1) is 0 Å². The molecule has 0 saturated heterocycles. The molecule has 0 spiro atoms. The highest BCUT2D eigenvalue weighted by Crippen LogP contribution is 2.24. The van der Waals surface area contributed by atoms with Crippen molar-refractivity contribution >= 4 is 17.7 Å². The topological polar surface area (TPSA) is 127 Å². The van der Waals surface area contributed by atoms with Crippen LogP contribution >= 0.6 is 0 Å². The zero-order chi connectivity index (χ0) is 20.7. The summed E-state index contributed by atoms with van der Waals surface area (Å²) >= 11 is 0. The number of hydrogen-bond donors (Lipinski definition) is 4. The molecule has 0 fully saturated rings. The van der Waals surface area contributed by atoms with Gasteiger partial charge in [-0.2, -0.15) is 0 Å². The molecule has 0 saturated carbocycles. The Morgan fingerprint density at radius 1 is 0.964 bits per heavy atom. The normalized spacial score (nSPS) is 11.5. The van der Waals surface area contributed by atoms with Crippen molar-refractivity contribution in [2.24, 2.45) is 11.5 Å². The lowest BCUT2D eigenvalue weighted by Crippen LogP contribution is -2.45. The van der Waals surface area contributed by atoms with Crippen molar-refractivity contribution in [2.45, 2.75) is 12.5 Å². The third-order valence-electron chi connectivity index (χ3n) is 3.86. The molecule has 3 amide bonds. The minimum Gasteiger partial charge on any atom is -0.370 e. The second-order valence-electron chi connectivity index (χ2n) is 6.00. The fourth-order valence-electron chi connectivity index (χ4n) is 2.46. The Labute approximate surface area is 160 Å². The van der Waals surface area contributed by atoms with E-state index in [-0.39, 0.29) is 30.6 Å². The van der Waals surface area contributed by atoms with Crippen molar-refractivity contribution in [3.63, 3.8) is 0 Å². The van der Waals surface area contributed by atoms with Crippen LogP contribution in [0.25, 0.3) is 11.1 Å². The molecule has 0 aliphatic rings. The monoisotopic (exact) mass is 390 g/mol. The third-order valence-corrected chi connectivity index (χ3v) is 3.86. The van der Waals surface area contributed by atoms with E-state index in [2.05, 4.69) is 10.6 Å². The lowest BCUT2D eigenvalue weighted by Gasteiger charge is -2.12. The van der Waals surface area contributed by atoms with Crippen molar-refractivity contribution in [1.29, 1.82) is 0 Å². The Hall–Kier alpha value is -3.33. The van der Waals surface area contributed by atoms with E-state index in [0.717, 1.165) is 6.07 Å². The molecule has 0 aromatic heterocycles. The molecular weight excluding hydrogens is 370 g/mol. The fraction of sp³-hybridized carbons (Fsp3) is 0.211. The summed E-state index contributed by atoms with van der Waals surface area (Å²) in [5, 5.41) is 4.87. The molecular formula is C19H20F2N4O3. The van der Waals surface area contributed by atoms with Gasteiger partial charge in [-0.3, -0.25) is 14.4 Å². The highest BCUT2D eigenvalue weighted by molar-refractivity contribution is 5.95. The molecule has 0 unspecified atom stereocenters. The molecule has 0 aliphatic heterocycles. The van der Waals surface area contributed by atoms with Gasteiger partial charge in [-0.1, -0.05) is 24.3 Å². The van der Waals surface area contributed by atoms with Crippen molar-refractivity contribution in [3.8, 4) is 11.1 Å². The molecule has 2 aromatic carbocycles. The average Bonchev–Trinajstić information content (AvgIpc) is 2.65. The van der Waals surface area contributed by atoms with Gasteiger partial charge >= 0.3 is 0 Å². The molecule has 7 nitrogen and oxygen atoms in total. The van der Waals surface area contributed by atoms with Crippen LogP contribution in [0.4, 0.5) is 8.78 Å². The second-order valence-corrected chi connectivity index (χ2v) is 6.00. The summed E-state index contributed by atoms with van der Waals surface area (Å²) in [6.07, 6.45) is -0.299. The van der Waals surface area contributed by atoms with Gasteiger partial charge in [0.2, 0.25) is 11.8 Å². The zero-order valence-electron chi connectivity index (χ0n) is 14.9. The molecule has 2 aromatic rings. The molecule has 28 heavy (non-hydrogen) atoms. The van der Waals surface area contributed by atoms with E-state index < -0.39 is 35.4 Å². The van der Waals surface area contributed by atoms with E-state index in [4.69, 9.17) is 11.5 Å². The van der Waals surface area contributed by atoms with Crippen LogP contribution < -0.4 is 22.1 Å². The highest BCUT2D eigenvalue weighted by atomic mass is 19.1. The molecule has 0 radical (unpaired) electrons. The van der Waals surface area contributed by atoms with Crippen molar-refractivity contribution in [2.75, 3.05) is 13.1 Å². The summed E-state index contributed by atoms with van der Waals surface area (Å²) < 4.78 is 27.9. The van der Waals surface area contributed by atoms with Gasteiger partial charge in [0.05, 0.1) is 18.0 Å². The van der Waals surface area contributed by atoms with Crippen LogP contribution in [-0.2, 0) is 9.59 Å². The highest BCUT2D eigenvalue weighted by Gasteiger charge is 2.16. The van der Waals surface area contributed by atoms with Crippen molar-refractivity contribution in [1.82, 2.24) is 10.6 Å². The van der Waals surface area contributed by atoms with Crippen LogP contribution in [0.3, 0.4) is 0 Å². The van der Waals surface area contributed by atoms with Crippen LogP contribution in [0.1, 0.15) is 16.8 Å². The summed E-state index contributed by atoms with van der Waals surface area (Å²) in [7, 11) is 0. The summed E-state index contributed by atoms with van der Waals surface area (Å²) in [5.41, 5.74) is 10.8. The Bertz CT molecular complexity index is 889. The largest absolute Gasteiger partial charge is 0.370 e. The first-order chi connectivity index (χ1) is 13.3. The summed E-state index contributed by atoms with van der Waals surface area (Å²) in [6, 6.07) is 8.59. The number of hydrogen-bond acceptors (Lipinski definition) is 4. The number of benzene rings is 2. The van der Waals surface area contributed by atoms with Gasteiger partial charge in [0.25, 0.3) is 5.91 Å². The molecule has 9 heteroatoms. The molecule has 0 aliphatic carbocycles. The predicted molar refractivity (Wildman–Crippen MR) is 98.9 cm³/mol. The minimum absolute atomic E-state index is 0.00275. The number of nitrogens with one attached hydrogen (secondary N) is 2. The lowest BCUT2D eigenvalue weighted by atomic mass is 10.0. The standard InChI is InChI=1S/C19H20F2N4O3/c20-14-4-2-1-3-12(14)11-5-6-15(21)13(9-11)18(27)24-7-8-25-19(28)16(22)10-17(23)26/h1-6,9,16H,7-8,10,22H2,(H2,23,26)(H,24,27)(H,25,28)/t16-/m0/s1. The van der Waals surface area contributed by atoms with E-state index in [1.807, 2.05) is 0 Å². The van der Waals surface area contributed by atoms with Crippen LogP contribution in [0.15, 0.2) is 42.5 Å². The molecule has 6 N–H and O–H groups in total. The quantitative estimate of drug-likeness (QED) is 0.494. The van der Waals surface area contributed by atoms with Crippen LogP contribution in [-0.4, -0.2) is 36.9 Å². The first-order valence-corrected chi connectivity index (χ1v) is 8.44. The molecule has 0 bridgehead atoms. The van der Waals surface area contributed by atoms with Crippen LogP contribution in [0.2, 0.25) is 0 Å². The molecule has 1 atom stereocenters. The SMILES string of the molecule is NC(=O)C[C@H](N)C(=O)NCCNC(=O)c1cc(-c2ccccc2F)ccc1F. The number of amides is 3. The fourth-order valence-corrected chi connectivity index (χ4v) is 2.46.